The normalized spacial score (nSPS) is 14.3. The van der Waals surface area contributed by atoms with Gasteiger partial charge < -0.3 is 5.32 Å². The van der Waals surface area contributed by atoms with Gasteiger partial charge in [-0.3, -0.25) is 9.48 Å². The average Bonchev–Trinajstić information content (AvgIpc) is 3.19. The summed E-state index contributed by atoms with van der Waals surface area (Å²) in [5.41, 5.74) is 2.22. The number of nitrogens with zero attached hydrogens (tertiary/aromatic N) is 6. The van der Waals surface area contributed by atoms with Gasteiger partial charge in [-0.1, -0.05) is 5.21 Å². The first-order valence-corrected chi connectivity index (χ1v) is 7.00. The monoisotopic (exact) mass is 295 g/mol. The molecule has 22 heavy (non-hydrogen) atoms. The van der Waals surface area contributed by atoms with Gasteiger partial charge in [0.15, 0.2) is 5.82 Å². The molecular formula is C14H13N7O. The van der Waals surface area contributed by atoms with Gasteiger partial charge in [0, 0.05) is 24.8 Å². The van der Waals surface area contributed by atoms with E-state index >= 15 is 0 Å². The molecule has 0 atom stereocenters. The molecule has 0 bridgehead atoms. The van der Waals surface area contributed by atoms with Crippen molar-refractivity contribution in [3.05, 3.63) is 42.5 Å². The van der Waals surface area contributed by atoms with Gasteiger partial charge in [0.05, 0.1) is 18.1 Å². The standard InChI is InChI=1S/C14H13N7O/c22-14-12-9-11(18-20(12)6-1-3-16-14)10-2-4-15-13(8-10)21-7-5-17-19-21/h2,4-5,7-9H,1,3,6H2,(H,16,22). The van der Waals surface area contributed by atoms with Crippen molar-refractivity contribution in [1.82, 2.24) is 35.1 Å². The van der Waals surface area contributed by atoms with Gasteiger partial charge in [-0.15, -0.1) is 5.10 Å². The van der Waals surface area contributed by atoms with Crippen LogP contribution in [-0.4, -0.2) is 42.2 Å². The lowest BCUT2D eigenvalue weighted by Crippen LogP contribution is -2.22. The second-order valence-electron chi connectivity index (χ2n) is 5.00. The van der Waals surface area contributed by atoms with Crippen LogP contribution in [-0.2, 0) is 6.54 Å². The zero-order valence-corrected chi connectivity index (χ0v) is 11.7. The number of carbonyl (C=O) groups excluding carboxylic acids is 1. The second kappa shape index (κ2) is 5.06. The molecule has 0 aliphatic carbocycles. The zero-order valence-electron chi connectivity index (χ0n) is 11.7. The molecule has 1 aliphatic heterocycles. The number of hydrogen-bond donors (Lipinski definition) is 1. The van der Waals surface area contributed by atoms with E-state index in [4.69, 9.17) is 0 Å². The van der Waals surface area contributed by atoms with Crippen molar-refractivity contribution in [1.29, 1.82) is 0 Å². The molecule has 1 amide bonds. The molecule has 0 radical (unpaired) electrons. The fraction of sp³-hybridized carbons (Fsp3) is 0.214. The highest BCUT2D eigenvalue weighted by Crippen LogP contribution is 2.21. The Morgan fingerprint density at radius 3 is 3.05 bits per heavy atom. The predicted octanol–water partition coefficient (Wildman–Crippen LogP) is 0.659. The Morgan fingerprint density at radius 2 is 2.18 bits per heavy atom. The smallest absolute Gasteiger partial charge is 0.269 e. The van der Waals surface area contributed by atoms with Crippen LogP contribution in [0.3, 0.4) is 0 Å². The van der Waals surface area contributed by atoms with Crippen LogP contribution in [0.2, 0.25) is 0 Å². The fourth-order valence-electron chi connectivity index (χ4n) is 2.47. The molecule has 4 rings (SSSR count). The first-order chi connectivity index (χ1) is 10.8. The van der Waals surface area contributed by atoms with E-state index in [0.717, 1.165) is 24.2 Å². The maximum atomic E-state index is 12.0. The van der Waals surface area contributed by atoms with Gasteiger partial charge in [-0.25, -0.2) is 9.67 Å². The largest absolute Gasteiger partial charge is 0.351 e. The van der Waals surface area contributed by atoms with Crippen LogP contribution in [0.5, 0.6) is 0 Å². The van der Waals surface area contributed by atoms with Crippen LogP contribution in [0, 0.1) is 0 Å². The van der Waals surface area contributed by atoms with Crippen molar-refractivity contribution in [3.8, 4) is 17.1 Å². The third-order valence-electron chi connectivity index (χ3n) is 3.54. The maximum Gasteiger partial charge on any atom is 0.269 e. The van der Waals surface area contributed by atoms with E-state index in [2.05, 4.69) is 25.7 Å². The SMILES string of the molecule is O=C1NCCCn2nc(-c3ccnc(-n4ccnn4)c3)cc21. The van der Waals surface area contributed by atoms with Gasteiger partial charge in [0.1, 0.15) is 5.69 Å². The van der Waals surface area contributed by atoms with E-state index in [1.165, 1.54) is 0 Å². The van der Waals surface area contributed by atoms with E-state index in [9.17, 15) is 4.79 Å². The number of pyridine rings is 1. The van der Waals surface area contributed by atoms with Crippen LogP contribution in [0.1, 0.15) is 16.9 Å². The first kappa shape index (κ1) is 12.7. The van der Waals surface area contributed by atoms with Crippen LogP contribution >= 0.6 is 0 Å². The first-order valence-electron chi connectivity index (χ1n) is 7.00. The molecule has 8 heteroatoms. The lowest BCUT2D eigenvalue weighted by atomic mass is 10.2. The molecule has 110 valence electrons. The summed E-state index contributed by atoms with van der Waals surface area (Å²) in [5.74, 6) is 0.574. The van der Waals surface area contributed by atoms with E-state index in [1.807, 2.05) is 12.1 Å². The van der Waals surface area contributed by atoms with Gasteiger partial charge in [0.2, 0.25) is 0 Å². The quantitative estimate of drug-likeness (QED) is 0.750. The summed E-state index contributed by atoms with van der Waals surface area (Å²) in [5, 5.41) is 15.1. The number of carbonyl (C=O) groups is 1. The average molecular weight is 295 g/mol. The second-order valence-corrected chi connectivity index (χ2v) is 5.00. The summed E-state index contributed by atoms with van der Waals surface area (Å²) in [6, 6.07) is 5.54. The number of hydrogen-bond acceptors (Lipinski definition) is 5. The molecule has 0 saturated heterocycles. The van der Waals surface area contributed by atoms with Gasteiger partial charge in [0.25, 0.3) is 5.91 Å². The number of amides is 1. The summed E-state index contributed by atoms with van der Waals surface area (Å²) >= 11 is 0. The predicted molar refractivity (Wildman–Crippen MR) is 77.3 cm³/mol. The molecule has 8 nitrogen and oxygen atoms in total. The summed E-state index contributed by atoms with van der Waals surface area (Å²) < 4.78 is 3.34. The lowest BCUT2D eigenvalue weighted by Gasteiger charge is -2.02. The Morgan fingerprint density at radius 1 is 1.23 bits per heavy atom. The molecule has 0 spiro atoms. The minimum atomic E-state index is -0.0817. The number of fused-ring (bicyclic) bond motifs is 1. The minimum Gasteiger partial charge on any atom is -0.351 e. The van der Waals surface area contributed by atoms with Gasteiger partial charge in [-0.05, 0) is 24.6 Å². The Balaban J connectivity index is 1.75. The van der Waals surface area contributed by atoms with Gasteiger partial charge in [-0.2, -0.15) is 5.10 Å². The van der Waals surface area contributed by atoms with Crippen molar-refractivity contribution >= 4 is 5.91 Å². The van der Waals surface area contributed by atoms with E-state index in [1.54, 1.807) is 34.0 Å². The van der Waals surface area contributed by atoms with Crippen LogP contribution in [0.15, 0.2) is 36.8 Å². The summed E-state index contributed by atoms with van der Waals surface area (Å²) in [4.78, 5) is 16.3. The Labute approximate surface area is 125 Å². The third-order valence-corrected chi connectivity index (χ3v) is 3.54. The molecule has 1 aliphatic rings. The van der Waals surface area contributed by atoms with E-state index in [-0.39, 0.29) is 5.91 Å². The number of aryl methyl sites for hydroxylation is 1. The fourth-order valence-corrected chi connectivity index (χ4v) is 2.47. The molecule has 0 unspecified atom stereocenters. The lowest BCUT2D eigenvalue weighted by molar-refractivity contribution is 0.0950. The molecule has 0 fully saturated rings. The van der Waals surface area contributed by atoms with Crippen LogP contribution in [0.25, 0.3) is 17.1 Å². The number of nitrogens with one attached hydrogen (secondary N) is 1. The number of aromatic nitrogens is 6. The summed E-state index contributed by atoms with van der Waals surface area (Å²) in [7, 11) is 0. The Hall–Kier alpha value is -3.03. The Bertz CT molecular complexity index is 822. The molecule has 0 aromatic carbocycles. The minimum absolute atomic E-state index is 0.0817. The molecule has 0 saturated carbocycles. The summed E-state index contributed by atoms with van der Waals surface area (Å²) in [6.45, 7) is 1.42. The van der Waals surface area contributed by atoms with E-state index < -0.39 is 0 Å². The molecular weight excluding hydrogens is 282 g/mol. The molecule has 4 heterocycles. The third kappa shape index (κ3) is 2.14. The Kier molecular flexibility index (Phi) is 2.92. The van der Waals surface area contributed by atoms with Crippen molar-refractivity contribution in [2.75, 3.05) is 6.54 Å². The zero-order chi connectivity index (χ0) is 14.9. The maximum absolute atomic E-state index is 12.0. The van der Waals surface area contributed by atoms with Crippen molar-refractivity contribution < 1.29 is 4.79 Å². The van der Waals surface area contributed by atoms with Crippen LogP contribution < -0.4 is 5.32 Å². The highest BCUT2D eigenvalue weighted by Gasteiger charge is 2.18. The molecule has 3 aromatic heterocycles. The van der Waals surface area contributed by atoms with Gasteiger partial charge >= 0.3 is 0 Å². The van der Waals surface area contributed by atoms with Crippen molar-refractivity contribution in [2.45, 2.75) is 13.0 Å². The highest BCUT2D eigenvalue weighted by atomic mass is 16.2. The van der Waals surface area contributed by atoms with Crippen molar-refractivity contribution in [3.63, 3.8) is 0 Å². The summed E-state index contributed by atoms with van der Waals surface area (Å²) in [6.07, 6.45) is 5.89. The number of rotatable bonds is 2. The molecule has 1 N–H and O–H groups in total. The molecule has 3 aromatic rings. The highest BCUT2D eigenvalue weighted by molar-refractivity contribution is 5.93. The van der Waals surface area contributed by atoms with Crippen LogP contribution in [0.4, 0.5) is 0 Å². The van der Waals surface area contributed by atoms with Crippen molar-refractivity contribution in [2.24, 2.45) is 0 Å². The topological polar surface area (TPSA) is 90.5 Å². The van der Waals surface area contributed by atoms with E-state index in [0.29, 0.717) is 18.1 Å².